The highest BCUT2D eigenvalue weighted by Crippen LogP contribution is 2.17. The van der Waals surface area contributed by atoms with E-state index in [0.29, 0.717) is 67.1 Å². The number of hydrogen-bond acceptors (Lipinski definition) is 9. The van der Waals surface area contributed by atoms with Crippen LogP contribution >= 0.6 is 11.6 Å². The lowest BCUT2D eigenvalue weighted by Crippen LogP contribution is -2.21. The van der Waals surface area contributed by atoms with Crippen LogP contribution in [0.4, 0.5) is 8.78 Å². The van der Waals surface area contributed by atoms with Crippen molar-refractivity contribution in [1.29, 1.82) is 0 Å². The molecule has 0 radical (unpaired) electrons. The van der Waals surface area contributed by atoms with Gasteiger partial charge in [-0.25, -0.2) is 18.7 Å². The molecule has 11 nitrogen and oxygen atoms in total. The van der Waals surface area contributed by atoms with Gasteiger partial charge in [-0.05, 0) is 91.6 Å². The maximum Gasteiger partial charge on any atom is 0.248 e. The van der Waals surface area contributed by atoms with E-state index in [0.717, 1.165) is 17.0 Å². The average Bonchev–Trinajstić information content (AvgIpc) is 3.90. The van der Waals surface area contributed by atoms with Crippen molar-refractivity contribution in [2.45, 2.75) is 80.6 Å². The molecule has 57 heavy (non-hydrogen) atoms. The number of halogens is 3. The Bertz CT molecular complexity index is 2030. The van der Waals surface area contributed by atoms with Gasteiger partial charge in [-0.15, -0.1) is 5.10 Å². The highest BCUT2D eigenvalue weighted by Gasteiger charge is 2.17. The van der Waals surface area contributed by atoms with Crippen LogP contribution in [0, 0.1) is 11.6 Å². The number of H-pyrrole nitrogens is 1. The lowest BCUT2D eigenvalue weighted by atomic mass is 10.1. The Kier molecular flexibility index (Phi) is 22.0. The lowest BCUT2D eigenvalue weighted by Gasteiger charge is -2.13. The van der Waals surface area contributed by atoms with E-state index in [1.807, 2.05) is 24.3 Å². The Morgan fingerprint density at radius 1 is 0.684 bits per heavy atom. The minimum absolute atomic E-state index is 0. The molecule has 304 valence electrons. The summed E-state index contributed by atoms with van der Waals surface area (Å²) < 4.78 is 28.6. The van der Waals surface area contributed by atoms with Gasteiger partial charge in [0.25, 0.3) is 0 Å². The predicted molar refractivity (Wildman–Crippen MR) is 223 cm³/mol. The van der Waals surface area contributed by atoms with Gasteiger partial charge in [0.1, 0.15) is 23.3 Å². The van der Waals surface area contributed by atoms with Crippen molar-refractivity contribution in [2.75, 3.05) is 19.6 Å². The van der Waals surface area contributed by atoms with Crippen LogP contribution in [0.5, 0.6) is 0 Å². The molecular weight excluding hydrogens is 748 g/mol. The molecule has 0 aliphatic heterocycles. The molecule has 0 spiro atoms. The molecule has 0 atom stereocenters. The molecule has 0 bridgehead atoms. The molecule has 0 aliphatic rings. The number of rotatable bonds is 13. The molecule has 0 saturated heterocycles. The molecule has 1 N–H and O–H groups in total. The van der Waals surface area contributed by atoms with Crippen LogP contribution in [-0.4, -0.2) is 75.6 Å². The lowest BCUT2D eigenvalue weighted by molar-refractivity contribution is -0.111. The first-order chi connectivity index (χ1) is 27.1. The van der Waals surface area contributed by atoms with E-state index in [2.05, 4.69) is 60.9 Å². The fraction of sp³-hybridized carbons (Fsp3) is 0.349. The molecule has 4 heterocycles. The van der Waals surface area contributed by atoms with Crippen molar-refractivity contribution in [3.8, 4) is 22.8 Å². The van der Waals surface area contributed by atoms with E-state index in [4.69, 9.17) is 11.6 Å². The highest BCUT2D eigenvalue weighted by atomic mass is 35.5. The van der Waals surface area contributed by atoms with Crippen LogP contribution in [0.25, 0.3) is 22.8 Å². The van der Waals surface area contributed by atoms with Crippen LogP contribution in [-0.2, 0) is 30.5 Å². The van der Waals surface area contributed by atoms with Crippen molar-refractivity contribution in [2.24, 2.45) is 0 Å². The zero-order valence-electron chi connectivity index (χ0n) is 32.6. The summed E-state index contributed by atoms with van der Waals surface area (Å²) in [4.78, 5) is 41.0. The van der Waals surface area contributed by atoms with Gasteiger partial charge in [0.05, 0.1) is 0 Å². The molecule has 0 unspecified atom stereocenters. The monoisotopic (exact) mass is 801 g/mol. The number of nitrogens with one attached hydrogen (secondary N) is 1. The third-order valence-corrected chi connectivity index (χ3v) is 8.64. The number of aromatic amines is 1. The average molecular weight is 802 g/mol. The molecule has 0 aliphatic carbocycles. The van der Waals surface area contributed by atoms with Crippen LogP contribution < -0.4 is 0 Å². The fourth-order valence-electron chi connectivity index (χ4n) is 5.08. The van der Waals surface area contributed by atoms with Gasteiger partial charge in [0, 0.05) is 61.6 Å². The summed E-state index contributed by atoms with van der Waals surface area (Å²) in [7, 11) is 0. The quantitative estimate of drug-likeness (QED) is 0.113. The Morgan fingerprint density at radius 3 is 1.63 bits per heavy atom. The van der Waals surface area contributed by atoms with Crippen molar-refractivity contribution in [3.63, 3.8) is 0 Å². The van der Waals surface area contributed by atoms with E-state index in [9.17, 15) is 18.4 Å². The summed E-state index contributed by atoms with van der Waals surface area (Å²) in [6.07, 6.45) is 9.58. The molecule has 2 aromatic carbocycles. The molecule has 6 aromatic rings. The first kappa shape index (κ1) is 47.6. The van der Waals surface area contributed by atoms with Gasteiger partial charge in [0.15, 0.2) is 11.6 Å². The third-order valence-electron chi connectivity index (χ3n) is 8.37. The van der Waals surface area contributed by atoms with Crippen LogP contribution in [0.3, 0.4) is 0 Å². The molecule has 0 fully saturated rings. The molecule has 0 amide bonds. The Balaban J connectivity index is 0.000000305. The van der Waals surface area contributed by atoms with Gasteiger partial charge in [-0.1, -0.05) is 78.4 Å². The second-order valence-corrected chi connectivity index (χ2v) is 12.5. The van der Waals surface area contributed by atoms with E-state index >= 15 is 0 Å². The largest absolute Gasteiger partial charge is 0.304 e. The molecular formula is C43H54ClF2N9O2. The van der Waals surface area contributed by atoms with Crippen molar-refractivity contribution >= 4 is 22.8 Å². The van der Waals surface area contributed by atoms with Gasteiger partial charge in [-0.2, -0.15) is 9.78 Å². The number of nitrogens with zero attached hydrogens (tertiary/aromatic N) is 8. The second kappa shape index (κ2) is 26.3. The Hall–Kier alpha value is -5.53. The maximum absolute atomic E-state index is 13.8. The number of carbonyl (C=O) groups excluding carboxylic acids is 2. The summed E-state index contributed by atoms with van der Waals surface area (Å²) in [5, 5.41) is 11.1. The summed E-state index contributed by atoms with van der Waals surface area (Å²) >= 11 is 4.82. The molecule has 14 heteroatoms. The van der Waals surface area contributed by atoms with Crippen LogP contribution in [0.15, 0.2) is 97.6 Å². The minimum atomic E-state index is -0.273. The third kappa shape index (κ3) is 16.2. The first-order valence-electron chi connectivity index (χ1n) is 18.7. The number of benzene rings is 2. The summed E-state index contributed by atoms with van der Waals surface area (Å²) in [6, 6.07) is 20.8. The number of carbonyl (C=O) groups is 2. The number of aromatic nitrogens is 8. The van der Waals surface area contributed by atoms with E-state index in [1.54, 1.807) is 75.0 Å². The minimum Gasteiger partial charge on any atom is -0.304 e. The molecule has 6 rings (SSSR count). The predicted octanol–water partition coefficient (Wildman–Crippen LogP) is 9.25. The Labute approximate surface area is 340 Å². The highest BCUT2D eigenvalue weighted by molar-refractivity contribution is 6.63. The second-order valence-electron chi connectivity index (χ2n) is 12.1. The summed E-state index contributed by atoms with van der Waals surface area (Å²) in [5.74, 6) is 1.77. The van der Waals surface area contributed by atoms with Crippen molar-refractivity contribution < 1.29 is 18.4 Å². The topological polar surface area (TPSA) is 135 Å². The fourth-order valence-corrected chi connectivity index (χ4v) is 5.08. The van der Waals surface area contributed by atoms with E-state index in [-0.39, 0.29) is 30.2 Å². The molecule has 0 saturated carbocycles. The van der Waals surface area contributed by atoms with E-state index < -0.39 is 0 Å². The summed E-state index contributed by atoms with van der Waals surface area (Å²) in [5.41, 5.74) is 2.89. The zero-order chi connectivity index (χ0) is 40.7. The maximum atomic E-state index is 13.8. The Morgan fingerprint density at radius 2 is 1.19 bits per heavy atom. The normalized spacial score (nSPS) is 10.2. The molecule has 4 aromatic heterocycles. The van der Waals surface area contributed by atoms with Crippen molar-refractivity contribution in [1.82, 2.24) is 44.8 Å². The number of pyridine rings is 2. The number of hydrogen-bond donors (Lipinski definition) is 1. The zero-order valence-corrected chi connectivity index (χ0v) is 33.4. The first-order valence-corrected chi connectivity index (χ1v) is 19.1. The van der Waals surface area contributed by atoms with Gasteiger partial charge < -0.3 is 4.90 Å². The van der Waals surface area contributed by atoms with Gasteiger partial charge in [0.2, 0.25) is 11.1 Å². The standard InChI is InChI=1S/C18H17FN4O.C15H13FN4.C6H15N.C3H5ClO.CH4/c1-2-17(24)23-16(10-9-13-6-3-4-8-15(13)19)21-18(22-23)14-7-5-11-20-12-14;16-13-6-2-1-4-11(13)7-8-14-18-15(20-19-14)12-5-3-9-17-10-12;1-4-7(5-2)6-3;1-2-3(4)5;/h3-8,11-12H,2,9-10H2,1H3;1-6,9-10H,7-8H2,(H,18,19,20);4-6H2,1-3H3;2H2,1H3;1H4. The summed E-state index contributed by atoms with van der Waals surface area (Å²) in [6.45, 7) is 13.6. The number of aryl methyl sites for hydroxylation is 4. The van der Waals surface area contributed by atoms with E-state index in [1.165, 1.54) is 36.4 Å². The van der Waals surface area contributed by atoms with Gasteiger partial charge >= 0.3 is 0 Å². The van der Waals surface area contributed by atoms with Crippen LogP contribution in [0.1, 0.15) is 82.5 Å². The van der Waals surface area contributed by atoms with Crippen molar-refractivity contribution in [3.05, 3.63) is 132 Å². The van der Waals surface area contributed by atoms with Crippen LogP contribution in [0.2, 0.25) is 0 Å². The smallest absolute Gasteiger partial charge is 0.248 e. The SMILES string of the molecule is C.CCC(=O)Cl.CCC(=O)n1nc(-c2cccnc2)nc1CCc1ccccc1F.CCN(CC)CC.Fc1ccccc1CCc1nc(-c2cccnc2)n[nH]1. The van der Waals surface area contributed by atoms with Gasteiger partial charge in [-0.3, -0.25) is 24.7 Å².